The number of imidazole rings is 1. The minimum Gasteiger partial charge on any atom is -0.357 e. The molecular formula is C17H27N5O. The molecule has 0 unspecified atom stereocenters. The third kappa shape index (κ3) is 3.82. The molecule has 0 atom stereocenters. The number of amides is 1. The van der Waals surface area contributed by atoms with E-state index in [0.29, 0.717) is 12.1 Å². The van der Waals surface area contributed by atoms with Gasteiger partial charge in [-0.2, -0.15) is 0 Å². The van der Waals surface area contributed by atoms with E-state index in [9.17, 15) is 4.79 Å². The second kappa shape index (κ2) is 7.46. The third-order valence-electron chi connectivity index (χ3n) is 3.93. The Morgan fingerprint density at radius 1 is 1.26 bits per heavy atom. The summed E-state index contributed by atoms with van der Waals surface area (Å²) in [6, 6.07) is 3.74. The molecule has 126 valence electrons. The Morgan fingerprint density at radius 2 is 1.96 bits per heavy atom. The third-order valence-corrected chi connectivity index (χ3v) is 3.93. The fourth-order valence-electron chi connectivity index (χ4n) is 2.68. The number of carbonyl (C=O) groups is 1. The minimum atomic E-state index is -0.0504. The van der Waals surface area contributed by atoms with E-state index in [-0.39, 0.29) is 5.91 Å². The maximum atomic E-state index is 12.3. The van der Waals surface area contributed by atoms with Gasteiger partial charge < -0.3 is 15.1 Å². The molecule has 0 bridgehead atoms. The van der Waals surface area contributed by atoms with Crippen LogP contribution in [0.25, 0.3) is 5.65 Å². The van der Waals surface area contributed by atoms with Gasteiger partial charge in [0.2, 0.25) is 0 Å². The Morgan fingerprint density at radius 3 is 2.57 bits per heavy atom. The summed E-state index contributed by atoms with van der Waals surface area (Å²) in [7, 11) is 3.98. The number of carbonyl (C=O) groups excluding carboxylic acids is 1. The van der Waals surface area contributed by atoms with Crippen molar-refractivity contribution < 1.29 is 4.79 Å². The Bertz CT molecular complexity index is 673. The Balaban J connectivity index is 2.30. The Kier molecular flexibility index (Phi) is 5.60. The summed E-state index contributed by atoms with van der Waals surface area (Å²) in [4.78, 5) is 21.2. The van der Waals surface area contributed by atoms with Gasteiger partial charge in [-0.15, -0.1) is 0 Å². The van der Waals surface area contributed by atoms with Crippen LogP contribution in [0.3, 0.4) is 0 Å². The fraction of sp³-hybridized carbons (Fsp3) is 0.529. The highest BCUT2D eigenvalue weighted by Gasteiger charge is 2.15. The zero-order valence-electron chi connectivity index (χ0n) is 14.8. The molecule has 0 aliphatic heterocycles. The van der Waals surface area contributed by atoms with E-state index in [1.165, 1.54) is 0 Å². The molecule has 0 aromatic carbocycles. The van der Waals surface area contributed by atoms with Crippen molar-refractivity contribution in [3.05, 3.63) is 29.6 Å². The maximum absolute atomic E-state index is 12.3. The second-order valence-electron chi connectivity index (χ2n) is 5.90. The highest BCUT2D eigenvalue weighted by Crippen LogP contribution is 2.22. The number of aryl methyl sites for hydroxylation is 1. The van der Waals surface area contributed by atoms with Gasteiger partial charge >= 0.3 is 0 Å². The summed E-state index contributed by atoms with van der Waals surface area (Å²) in [5.74, 6) is 1.01. The van der Waals surface area contributed by atoms with Crippen LogP contribution < -0.4 is 10.2 Å². The second-order valence-corrected chi connectivity index (χ2v) is 5.90. The largest absolute Gasteiger partial charge is 0.357 e. The first-order valence-corrected chi connectivity index (χ1v) is 8.14. The Labute approximate surface area is 138 Å². The zero-order chi connectivity index (χ0) is 17.0. The van der Waals surface area contributed by atoms with Crippen molar-refractivity contribution in [1.29, 1.82) is 0 Å². The quantitative estimate of drug-likeness (QED) is 0.846. The topological polar surface area (TPSA) is 52.9 Å². The van der Waals surface area contributed by atoms with Gasteiger partial charge in [0.15, 0.2) is 0 Å². The number of likely N-dealkylation sites (N-methyl/N-ethyl adjacent to an activating group) is 1. The monoisotopic (exact) mass is 317 g/mol. The number of anilines is 1. The standard InChI is InChI=1S/C17H27N5O/c1-6-21(7-2)17-13(3)19-15-9-8-14(12-22(15)17)16(23)18-10-11-20(4)5/h8-9,12H,6-7,10-11H2,1-5H3,(H,18,23). The number of rotatable bonds is 7. The first kappa shape index (κ1) is 17.3. The van der Waals surface area contributed by atoms with Gasteiger partial charge in [-0.3, -0.25) is 9.20 Å². The summed E-state index contributed by atoms with van der Waals surface area (Å²) in [6.07, 6.45) is 1.88. The van der Waals surface area contributed by atoms with Crippen LogP contribution in [-0.4, -0.2) is 60.5 Å². The lowest BCUT2D eigenvalue weighted by molar-refractivity contribution is 0.0950. The van der Waals surface area contributed by atoms with Gasteiger partial charge in [-0.05, 0) is 47.0 Å². The van der Waals surface area contributed by atoms with Gasteiger partial charge in [0.05, 0.1) is 11.3 Å². The van der Waals surface area contributed by atoms with Gasteiger partial charge in [-0.25, -0.2) is 4.98 Å². The normalized spacial score (nSPS) is 11.2. The fourth-order valence-corrected chi connectivity index (χ4v) is 2.68. The van der Waals surface area contributed by atoms with Crippen molar-refractivity contribution in [2.45, 2.75) is 20.8 Å². The van der Waals surface area contributed by atoms with Crippen LogP contribution in [0, 0.1) is 6.92 Å². The van der Waals surface area contributed by atoms with Crippen molar-refractivity contribution in [1.82, 2.24) is 19.6 Å². The minimum absolute atomic E-state index is 0.0504. The molecule has 1 amide bonds. The van der Waals surface area contributed by atoms with Crippen molar-refractivity contribution >= 4 is 17.4 Å². The summed E-state index contributed by atoms with van der Waals surface area (Å²) in [5.41, 5.74) is 2.51. The van der Waals surface area contributed by atoms with Crippen LogP contribution in [-0.2, 0) is 0 Å². The zero-order valence-corrected chi connectivity index (χ0v) is 14.8. The number of aromatic nitrogens is 2. The number of fused-ring (bicyclic) bond motifs is 1. The van der Waals surface area contributed by atoms with E-state index >= 15 is 0 Å². The molecular weight excluding hydrogens is 290 g/mol. The highest BCUT2D eigenvalue weighted by molar-refractivity contribution is 5.94. The maximum Gasteiger partial charge on any atom is 0.252 e. The summed E-state index contributed by atoms with van der Waals surface area (Å²) in [6.45, 7) is 9.53. The molecule has 23 heavy (non-hydrogen) atoms. The van der Waals surface area contributed by atoms with Gasteiger partial charge in [0.25, 0.3) is 5.91 Å². The lowest BCUT2D eigenvalue weighted by Gasteiger charge is -2.21. The molecule has 0 radical (unpaired) electrons. The molecule has 2 heterocycles. The average Bonchev–Trinajstić information content (AvgIpc) is 2.84. The summed E-state index contributed by atoms with van der Waals surface area (Å²) < 4.78 is 2.02. The van der Waals surface area contributed by atoms with Gasteiger partial charge in [-0.1, -0.05) is 0 Å². The molecule has 0 aliphatic rings. The summed E-state index contributed by atoms with van der Waals surface area (Å²) in [5, 5.41) is 2.95. The molecule has 2 aromatic heterocycles. The lowest BCUT2D eigenvalue weighted by Crippen LogP contribution is -2.31. The summed E-state index contributed by atoms with van der Waals surface area (Å²) >= 11 is 0. The lowest BCUT2D eigenvalue weighted by atomic mass is 10.2. The van der Waals surface area contributed by atoms with E-state index in [1.807, 2.05) is 48.6 Å². The van der Waals surface area contributed by atoms with Crippen molar-refractivity contribution in [2.75, 3.05) is 45.2 Å². The highest BCUT2D eigenvalue weighted by atomic mass is 16.1. The van der Waals surface area contributed by atoms with E-state index in [1.54, 1.807) is 0 Å². The molecule has 0 spiro atoms. The smallest absolute Gasteiger partial charge is 0.252 e. The first-order chi connectivity index (χ1) is 11.0. The van der Waals surface area contributed by atoms with E-state index in [0.717, 1.165) is 36.8 Å². The predicted molar refractivity (Wildman–Crippen MR) is 94.4 cm³/mol. The van der Waals surface area contributed by atoms with Crippen molar-refractivity contribution in [2.24, 2.45) is 0 Å². The SMILES string of the molecule is CCN(CC)c1c(C)nc2ccc(C(=O)NCCN(C)C)cn12. The van der Waals surface area contributed by atoms with Gasteiger partial charge in [0, 0.05) is 32.4 Å². The van der Waals surface area contributed by atoms with Gasteiger partial charge in [0.1, 0.15) is 11.5 Å². The van der Waals surface area contributed by atoms with Crippen LogP contribution >= 0.6 is 0 Å². The van der Waals surface area contributed by atoms with Crippen LogP contribution in [0.15, 0.2) is 18.3 Å². The van der Waals surface area contributed by atoms with Crippen LogP contribution in [0.4, 0.5) is 5.82 Å². The molecule has 2 rings (SSSR count). The molecule has 6 nitrogen and oxygen atoms in total. The molecule has 0 saturated carbocycles. The van der Waals surface area contributed by atoms with E-state index in [2.05, 4.69) is 29.0 Å². The first-order valence-electron chi connectivity index (χ1n) is 8.14. The molecule has 6 heteroatoms. The number of nitrogens with zero attached hydrogens (tertiary/aromatic N) is 4. The average molecular weight is 317 g/mol. The van der Waals surface area contributed by atoms with Crippen molar-refractivity contribution in [3.8, 4) is 0 Å². The van der Waals surface area contributed by atoms with E-state index < -0.39 is 0 Å². The number of pyridine rings is 1. The van der Waals surface area contributed by atoms with Crippen molar-refractivity contribution in [3.63, 3.8) is 0 Å². The van der Waals surface area contributed by atoms with Crippen LogP contribution in [0.2, 0.25) is 0 Å². The molecule has 1 N–H and O–H groups in total. The van der Waals surface area contributed by atoms with Crippen LogP contribution in [0.5, 0.6) is 0 Å². The molecule has 2 aromatic rings. The Hall–Kier alpha value is -2.08. The number of hydrogen-bond donors (Lipinski definition) is 1. The molecule has 0 fully saturated rings. The molecule has 0 saturated heterocycles. The van der Waals surface area contributed by atoms with E-state index in [4.69, 9.17) is 0 Å². The predicted octanol–water partition coefficient (Wildman–Crippen LogP) is 1.78. The number of nitrogens with one attached hydrogen (secondary N) is 1. The van der Waals surface area contributed by atoms with Crippen LogP contribution in [0.1, 0.15) is 29.9 Å². The molecule has 0 aliphatic carbocycles. The number of hydrogen-bond acceptors (Lipinski definition) is 4.